The van der Waals surface area contributed by atoms with Crippen LogP contribution in [0.1, 0.15) is 23.5 Å². The molecule has 3 aromatic carbocycles. The molecule has 9 nitrogen and oxygen atoms in total. The van der Waals surface area contributed by atoms with Crippen LogP contribution < -0.4 is 15.5 Å². The van der Waals surface area contributed by atoms with E-state index < -0.39 is 42.1 Å². The van der Waals surface area contributed by atoms with Crippen molar-refractivity contribution in [1.82, 2.24) is 10.4 Å². The van der Waals surface area contributed by atoms with Crippen LogP contribution in [-0.4, -0.2) is 49.0 Å². The number of nitrogens with zero attached hydrogens (tertiary/aromatic N) is 1. The normalized spacial score (nSPS) is 14.8. The number of anilines is 1. The van der Waals surface area contributed by atoms with E-state index in [9.17, 15) is 19.2 Å². The lowest BCUT2D eigenvalue weighted by Gasteiger charge is -2.23. The van der Waals surface area contributed by atoms with Gasteiger partial charge in [-0.3, -0.25) is 29.6 Å². The molecule has 1 fully saturated rings. The molecule has 196 valence electrons. The monoisotopic (exact) mass is 535 g/mol. The van der Waals surface area contributed by atoms with Gasteiger partial charge in [0.05, 0.1) is 31.2 Å². The Labute approximate surface area is 224 Å². The zero-order valence-electron chi connectivity index (χ0n) is 20.6. The number of esters is 1. The van der Waals surface area contributed by atoms with E-state index in [2.05, 4.69) is 10.7 Å². The number of hydrogen-bond acceptors (Lipinski definition) is 6. The van der Waals surface area contributed by atoms with E-state index >= 15 is 0 Å². The zero-order chi connectivity index (χ0) is 27.1. The Balaban J connectivity index is 1.35. The lowest BCUT2D eigenvalue weighted by Crippen LogP contribution is -2.45. The molecule has 0 bridgehead atoms. The molecule has 1 heterocycles. The van der Waals surface area contributed by atoms with E-state index in [0.29, 0.717) is 16.5 Å². The summed E-state index contributed by atoms with van der Waals surface area (Å²) in [4.78, 5) is 50.8. The van der Waals surface area contributed by atoms with Crippen molar-refractivity contribution in [2.24, 2.45) is 5.92 Å². The lowest BCUT2D eigenvalue weighted by molar-refractivity contribution is -0.151. The first-order chi connectivity index (χ1) is 18.4. The Bertz CT molecular complexity index is 1280. The molecule has 0 unspecified atom stereocenters. The third kappa shape index (κ3) is 6.49. The van der Waals surface area contributed by atoms with E-state index in [-0.39, 0.29) is 13.0 Å². The first-order valence-corrected chi connectivity index (χ1v) is 12.2. The van der Waals surface area contributed by atoms with Gasteiger partial charge in [0.2, 0.25) is 5.91 Å². The van der Waals surface area contributed by atoms with Crippen LogP contribution in [0.3, 0.4) is 0 Å². The SMILES string of the molecule is COc1ccc(Cl)cc1NC(=O)COC(=O)[C@@H]1CC(=O)N(NC(=O)C(c2ccccc2)c2ccccc2)C1. The predicted octanol–water partition coefficient (Wildman–Crippen LogP) is 3.54. The fourth-order valence-corrected chi connectivity index (χ4v) is 4.35. The van der Waals surface area contributed by atoms with E-state index in [1.807, 2.05) is 60.7 Å². The average molecular weight is 536 g/mol. The van der Waals surface area contributed by atoms with Crippen molar-refractivity contribution in [1.29, 1.82) is 0 Å². The molecule has 1 aliphatic heterocycles. The van der Waals surface area contributed by atoms with E-state index in [1.165, 1.54) is 13.2 Å². The molecule has 0 aliphatic carbocycles. The van der Waals surface area contributed by atoms with Gasteiger partial charge in [-0.25, -0.2) is 0 Å². The molecule has 4 rings (SSSR count). The Morgan fingerprint density at radius 2 is 1.63 bits per heavy atom. The molecule has 0 spiro atoms. The third-order valence-electron chi connectivity index (χ3n) is 6.01. The Hall–Kier alpha value is -4.37. The second kappa shape index (κ2) is 12.2. The largest absolute Gasteiger partial charge is 0.495 e. The van der Waals surface area contributed by atoms with Crippen LogP contribution in [-0.2, 0) is 23.9 Å². The Kier molecular flexibility index (Phi) is 8.60. The molecule has 1 atom stereocenters. The smallest absolute Gasteiger partial charge is 0.311 e. The number of carbonyl (C=O) groups is 4. The Morgan fingerprint density at radius 1 is 1.00 bits per heavy atom. The highest BCUT2D eigenvalue weighted by Crippen LogP contribution is 2.28. The van der Waals surface area contributed by atoms with Crippen LogP contribution in [0, 0.1) is 5.92 Å². The first-order valence-electron chi connectivity index (χ1n) is 11.9. The predicted molar refractivity (Wildman–Crippen MR) is 140 cm³/mol. The number of hydrazine groups is 1. The van der Waals surface area contributed by atoms with Gasteiger partial charge in [0.15, 0.2) is 6.61 Å². The minimum atomic E-state index is -0.830. The number of hydrogen-bond donors (Lipinski definition) is 2. The summed E-state index contributed by atoms with van der Waals surface area (Å²) >= 11 is 5.96. The van der Waals surface area contributed by atoms with Crippen molar-refractivity contribution in [2.75, 3.05) is 25.6 Å². The average Bonchev–Trinajstić information content (AvgIpc) is 3.28. The maximum Gasteiger partial charge on any atom is 0.311 e. The molecule has 0 aromatic heterocycles. The molecule has 10 heteroatoms. The highest BCUT2D eigenvalue weighted by Gasteiger charge is 2.38. The minimum Gasteiger partial charge on any atom is -0.495 e. The maximum atomic E-state index is 13.3. The van der Waals surface area contributed by atoms with Crippen molar-refractivity contribution in [2.45, 2.75) is 12.3 Å². The molecule has 3 amide bonds. The summed E-state index contributed by atoms with van der Waals surface area (Å²) in [5.74, 6) is -3.22. The minimum absolute atomic E-state index is 0.0660. The number of rotatable bonds is 9. The molecule has 2 N–H and O–H groups in total. The highest BCUT2D eigenvalue weighted by atomic mass is 35.5. The molecule has 3 aromatic rings. The standard InChI is InChI=1S/C28H26ClN3O6/c1-37-23-13-12-21(29)15-22(23)30-24(33)17-38-28(36)20-14-25(34)32(16-20)31-27(35)26(18-8-4-2-5-9-18)19-10-6-3-7-11-19/h2-13,15,20,26H,14,16-17H2,1H3,(H,30,33)(H,31,35)/t20-/m1/s1. The molecular formula is C28H26ClN3O6. The molecule has 1 saturated heterocycles. The van der Waals surface area contributed by atoms with Crippen LogP contribution in [0.25, 0.3) is 0 Å². The summed E-state index contributed by atoms with van der Waals surface area (Å²) in [6.45, 7) is -0.626. The van der Waals surface area contributed by atoms with Crippen LogP contribution in [0.2, 0.25) is 5.02 Å². The summed E-state index contributed by atoms with van der Waals surface area (Å²) in [6.07, 6.45) is -0.149. The summed E-state index contributed by atoms with van der Waals surface area (Å²) in [5, 5.41) is 4.10. The maximum absolute atomic E-state index is 13.3. The first kappa shape index (κ1) is 26.7. The van der Waals surface area contributed by atoms with Crippen LogP contribution in [0.5, 0.6) is 5.75 Å². The van der Waals surface area contributed by atoms with Crippen molar-refractivity contribution in [3.63, 3.8) is 0 Å². The molecule has 0 saturated carbocycles. The topological polar surface area (TPSA) is 114 Å². The van der Waals surface area contributed by atoms with Crippen molar-refractivity contribution in [3.05, 3.63) is 95.0 Å². The van der Waals surface area contributed by atoms with Crippen LogP contribution in [0.15, 0.2) is 78.9 Å². The van der Waals surface area contributed by atoms with Gasteiger partial charge in [0.1, 0.15) is 5.75 Å². The number of benzene rings is 3. The number of methoxy groups -OCH3 is 1. The molecule has 38 heavy (non-hydrogen) atoms. The van der Waals surface area contributed by atoms with Gasteiger partial charge < -0.3 is 14.8 Å². The summed E-state index contributed by atoms with van der Waals surface area (Å²) in [6, 6.07) is 23.1. The van der Waals surface area contributed by atoms with Gasteiger partial charge in [-0.2, -0.15) is 0 Å². The van der Waals surface area contributed by atoms with E-state index in [1.54, 1.807) is 12.1 Å². The van der Waals surface area contributed by atoms with Gasteiger partial charge in [-0.15, -0.1) is 0 Å². The lowest BCUT2D eigenvalue weighted by atomic mass is 9.91. The van der Waals surface area contributed by atoms with E-state index in [4.69, 9.17) is 21.1 Å². The number of ether oxygens (including phenoxy) is 2. The number of nitrogens with one attached hydrogen (secondary N) is 2. The fourth-order valence-electron chi connectivity index (χ4n) is 4.18. The van der Waals surface area contributed by atoms with Gasteiger partial charge >= 0.3 is 5.97 Å². The second-order valence-electron chi connectivity index (χ2n) is 8.64. The third-order valence-corrected chi connectivity index (χ3v) is 6.25. The van der Waals surface area contributed by atoms with Gasteiger partial charge in [0, 0.05) is 11.4 Å². The van der Waals surface area contributed by atoms with Gasteiger partial charge in [-0.1, -0.05) is 72.3 Å². The van der Waals surface area contributed by atoms with Gasteiger partial charge in [-0.05, 0) is 29.3 Å². The highest BCUT2D eigenvalue weighted by molar-refractivity contribution is 6.31. The quantitative estimate of drug-likeness (QED) is 0.405. The van der Waals surface area contributed by atoms with E-state index in [0.717, 1.165) is 16.1 Å². The van der Waals surface area contributed by atoms with Crippen molar-refractivity contribution >= 4 is 41.0 Å². The number of halogens is 1. The summed E-state index contributed by atoms with van der Waals surface area (Å²) in [5.41, 5.74) is 4.52. The summed E-state index contributed by atoms with van der Waals surface area (Å²) < 4.78 is 10.3. The fraction of sp³-hybridized carbons (Fsp3) is 0.214. The Morgan fingerprint density at radius 3 is 2.24 bits per heavy atom. The van der Waals surface area contributed by atoms with Crippen molar-refractivity contribution in [3.8, 4) is 5.75 Å². The summed E-state index contributed by atoms with van der Waals surface area (Å²) in [7, 11) is 1.45. The van der Waals surface area contributed by atoms with Crippen molar-refractivity contribution < 1.29 is 28.7 Å². The number of carbonyl (C=O) groups excluding carboxylic acids is 4. The molecule has 1 aliphatic rings. The van der Waals surface area contributed by atoms with Gasteiger partial charge in [0.25, 0.3) is 11.8 Å². The van der Waals surface area contributed by atoms with Crippen LogP contribution >= 0.6 is 11.6 Å². The van der Waals surface area contributed by atoms with Crippen LogP contribution in [0.4, 0.5) is 5.69 Å². The second-order valence-corrected chi connectivity index (χ2v) is 9.07. The number of amides is 3. The zero-order valence-corrected chi connectivity index (χ0v) is 21.3. The molecule has 0 radical (unpaired) electrons. The molecular weight excluding hydrogens is 510 g/mol.